The Kier molecular flexibility index (Phi) is 5.59. The number of H-pyrrole nitrogens is 1. The molecule has 148 valence electrons. The summed E-state index contributed by atoms with van der Waals surface area (Å²) < 4.78 is 0. The van der Waals surface area contributed by atoms with Crippen LogP contribution in [0.4, 0.5) is 5.69 Å². The van der Waals surface area contributed by atoms with Crippen LogP contribution in [0.5, 0.6) is 0 Å². The highest BCUT2D eigenvalue weighted by molar-refractivity contribution is 6.30. The van der Waals surface area contributed by atoms with Crippen molar-refractivity contribution in [3.8, 4) is 0 Å². The monoisotopic (exact) mass is 416 g/mol. The summed E-state index contributed by atoms with van der Waals surface area (Å²) in [6, 6.07) is 21.0. The molecule has 0 spiro atoms. The van der Waals surface area contributed by atoms with Crippen LogP contribution >= 0.6 is 11.6 Å². The first-order valence-corrected chi connectivity index (χ1v) is 9.54. The highest BCUT2D eigenvalue weighted by atomic mass is 35.5. The van der Waals surface area contributed by atoms with Gasteiger partial charge in [0.15, 0.2) is 0 Å². The zero-order valence-electron chi connectivity index (χ0n) is 15.7. The summed E-state index contributed by atoms with van der Waals surface area (Å²) in [5, 5.41) is 8.38. The van der Waals surface area contributed by atoms with Crippen molar-refractivity contribution >= 4 is 46.2 Å². The van der Waals surface area contributed by atoms with Gasteiger partial charge in [0, 0.05) is 44.5 Å². The lowest BCUT2D eigenvalue weighted by Gasteiger charge is -2.07. The van der Waals surface area contributed by atoms with E-state index in [2.05, 4.69) is 20.8 Å². The Hall–Kier alpha value is -3.90. The van der Waals surface area contributed by atoms with Gasteiger partial charge in [-0.1, -0.05) is 35.9 Å². The molecular formula is C23H17ClN4O2. The molecule has 0 atom stereocenters. The average molecular weight is 417 g/mol. The van der Waals surface area contributed by atoms with E-state index >= 15 is 0 Å². The zero-order valence-corrected chi connectivity index (χ0v) is 16.5. The number of aromatic amines is 1. The van der Waals surface area contributed by atoms with Gasteiger partial charge in [0.1, 0.15) is 0 Å². The number of halogens is 1. The van der Waals surface area contributed by atoms with Crippen molar-refractivity contribution in [2.24, 2.45) is 5.10 Å². The highest BCUT2D eigenvalue weighted by Crippen LogP contribution is 2.16. The molecule has 0 unspecified atom stereocenters. The van der Waals surface area contributed by atoms with Gasteiger partial charge in [0.05, 0.1) is 6.21 Å². The van der Waals surface area contributed by atoms with Gasteiger partial charge in [-0.15, -0.1) is 0 Å². The van der Waals surface area contributed by atoms with Crippen molar-refractivity contribution in [2.75, 3.05) is 5.32 Å². The number of nitrogens with one attached hydrogen (secondary N) is 3. The van der Waals surface area contributed by atoms with Crippen LogP contribution < -0.4 is 10.7 Å². The summed E-state index contributed by atoms with van der Waals surface area (Å²) in [6.45, 7) is 0. The molecule has 0 saturated carbocycles. The molecule has 2 amide bonds. The molecule has 3 aromatic carbocycles. The number of hydrazone groups is 1. The molecule has 4 aromatic rings. The smallest absolute Gasteiger partial charge is 0.271 e. The van der Waals surface area contributed by atoms with E-state index in [1.807, 2.05) is 30.5 Å². The van der Waals surface area contributed by atoms with E-state index < -0.39 is 0 Å². The first-order valence-electron chi connectivity index (χ1n) is 9.17. The van der Waals surface area contributed by atoms with Gasteiger partial charge < -0.3 is 10.3 Å². The maximum absolute atomic E-state index is 12.4. The summed E-state index contributed by atoms with van der Waals surface area (Å²) >= 11 is 5.85. The fraction of sp³-hybridized carbons (Fsp3) is 0. The summed E-state index contributed by atoms with van der Waals surface area (Å²) in [7, 11) is 0. The Bertz CT molecular complexity index is 1250. The van der Waals surface area contributed by atoms with Crippen LogP contribution in [-0.2, 0) is 0 Å². The number of anilines is 1. The summed E-state index contributed by atoms with van der Waals surface area (Å²) in [4.78, 5) is 27.9. The van der Waals surface area contributed by atoms with Crippen molar-refractivity contribution in [1.29, 1.82) is 0 Å². The third kappa shape index (κ3) is 4.39. The molecule has 7 heteroatoms. The fourth-order valence-corrected chi connectivity index (χ4v) is 3.09. The Balaban J connectivity index is 1.42. The number of carbonyl (C=O) groups excluding carboxylic acids is 2. The molecule has 0 saturated heterocycles. The number of para-hydroxylation sites is 1. The number of fused-ring (bicyclic) bond motifs is 1. The Labute approximate surface area is 177 Å². The number of hydrogen-bond donors (Lipinski definition) is 3. The lowest BCUT2D eigenvalue weighted by Crippen LogP contribution is -2.18. The minimum absolute atomic E-state index is 0.290. The molecule has 1 aromatic heterocycles. The van der Waals surface area contributed by atoms with Crippen LogP contribution in [-0.4, -0.2) is 23.0 Å². The molecular weight excluding hydrogens is 400 g/mol. The van der Waals surface area contributed by atoms with E-state index in [0.717, 1.165) is 16.5 Å². The van der Waals surface area contributed by atoms with E-state index in [0.29, 0.717) is 21.8 Å². The topological polar surface area (TPSA) is 86.3 Å². The second kappa shape index (κ2) is 8.63. The third-order valence-corrected chi connectivity index (χ3v) is 4.73. The molecule has 0 aliphatic rings. The lowest BCUT2D eigenvalue weighted by atomic mass is 10.1. The molecule has 0 aliphatic heterocycles. The number of benzene rings is 3. The van der Waals surface area contributed by atoms with Gasteiger partial charge in [-0.05, 0) is 48.5 Å². The normalized spacial score (nSPS) is 11.0. The van der Waals surface area contributed by atoms with E-state index in [-0.39, 0.29) is 11.8 Å². The van der Waals surface area contributed by atoms with Crippen LogP contribution in [0.2, 0.25) is 5.02 Å². The van der Waals surface area contributed by atoms with Crippen molar-refractivity contribution < 1.29 is 9.59 Å². The standard InChI is InChI=1S/C23H17ClN4O2/c24-18-10-8-15(9-11-18)22(29)27-19-5-3-4-16(12-19)23(30)28-26-14-17-13-25-21-7-2-1-6-20(17)21/h1-14,25H,(H,27,29)(H,28,30)/b26-14+. The quantitative estimate of drug-likeness (QED) is 0.321. The molecule has 0 radical (unpaired) electrons. The van der Waals surface area contributed by atoms with E-state index in [1.54, 1.807) is 54.7 Å². The molecule has 0 bridgehead atoms. The molecule has 3 N–H and O–H groups in total. The summed E-state index contributed by atoms with van der Waals surface area (Å²) in [5.74, 6) is -0.671. The first kappa shape index (κ1) is 19.4. The Morgan fingerprint density at radius 2 is 1.70 bits per heavy atom. The maximum atomic E-state index is 12.4. The largest absolute Gasteiger partial charge is 0.361 e. The van der Waals surface area contributed by atoms with Gasteiger partial charge in [-0.3, -0.25) is 9.59 Å². The lowest BCUT2D eigenvalue weighted by molar-refractivity contribution is 0.0953. The van der Waals surface area contributed by atoms with E-state index in [9.17, 15) is 9.59 Å². The van der Waals surface area contributed by atoms with Gasteiger partial charge in [-0.2, -0.15) is 5.10 Å². The number of carbonyl (C=O) groups is 2. The fourth-order valence-electron chi connectivity index (χ4n) is 2.97. The van der Waals surface area contributed by atoms with Crippen LogP contribution in [0.15, 0.2) is 84.1 Å². The number of aromatic nitrogens is 1. The van der Waals surface area contributed by atoms with Crippen molar-refractivity contribution in [3.05, 3.63) is 101 Å². The van der Waals surface area contributed by atoms with E-state index in [1.165, 1.54) is 0 Å². The average Bonchev–Trinajstić information content (AvgIpc) is 3.17. The molecule has 0 aliphatic carbocycles. The second-order valence-electron chi connectivity index (χ2n) is 6.53. The molecule has 4 rings (SSSR count). The molecule has 0 fully saturated rings. The minimum Gasteiger partial charge on any atom is -0.361 e. The molecule has 6 nitrogen and oxygen atoms in total. The van der Waals surface area contributed by atoms with Crippen LogP contribution in [0.25, 0.3) is 10.9 Å². The van der Waals surface area contributed by atoms with Gasteiger partial charge >= 0.3 is 0 Å². The number of rotatable bonds is 5. The van der Waals surface area contributed by atoms with Crippen LogP contribution in [0.3, 0.4) is 0 Å². The number of hydrogen-bond acceptors (Lipinski definition) is 3. The van der Waals surface area contributed by atoms with Crippen LogP contribution in [0, 0.1) is 0 Å². The number of nitrogens with zero attached hydrogens (tertiary/aromatic N) is 1. The van der Waals surface area contributed by atoms with E-state index in [4.69, 9.17) is 11.6 Å². The van der Waals surface area contributed by atoms with Crippen LogP contribution in [0.1, 0.15) is 26.3 Å². The predicted molar refractivity (Wildman–Crippen MR) is 119 cm³/mol. The first-order chi connectivity index (χ1) is 14.6. The predicted octanol–water partition coefficient (Wildman–Crippen LogP) is 4.84. The Morgan fingerprint density at radius 3 is 2.53 bits per heavy atom. The third-order valence-electron chi connectivity index (χ3n) is 4.48. The summed E-state index contributed by atoms with van der Waals surface area (Å²) in [5.41, 5.74) is 5.72. The zero-order chi connectivity index (χ0) is 20.9. The molecule has 30 heavy (non-hydrogen) atoms. The number of amides is 2. The Morgan fingerprint density at radius 1 is 0.900 bits per heavy atom. The highest BCUT2D eigenvalue weighted by Gasteiger charge is 2.09. The second-order valence-corrected chi connectivity index (χ2v) is 6.97. The summed E-state index contributed by atoms with van der Waals surface area (Å²) in [6.07, 6.45) is 3.41. The molecule has 1 heterocycles. The van der Waals surface area contributed by atoms with Crippen molar-refractivity contribution in [3.63, 3.8) is 0 Å². The van der Waals surface area contributed by atoms with Crippen molar-refractivity contribution in [2.45, 2.75) is 0 Å². The SMILES string of the molecule is O=C(N/N=C/c1c[nH]c2ccccc12)c1cccc(NC(=O)c2ccc(Cl)cc2)c1. The minimum atomic E-state index is -0.381. The maximum Gasteiger partial charge on any atom is 0.271 e. The van der Waals surface area contributed by atoms with Crippen molar-refractivity contribution in [1.82, 2.24) is 10.4 Å². The van der Waals surface area contributed by atoms with Gasteiger partial charge in [-0.25, -0.2) is 5.43 Å². The van der Waals surface area contributed by atoms with Gasteiger partial charge in [0.25, 0.3) is 11.8 Å². The van der Waals surface area contributed by atoms with Gasteiger partial charge in [0.2, 0.25) is 0 Å².